The quantitative estimate of drug-likeness (QED) is 0.103. The number of epoxide rings is 1. The summed E-state index contributed by atoms with van der Waals surface area (Å²) < 4.78 is 20.2. The molecule has 0 radical (unpaired) electrons. The van der Waals surface area contributed by atoms with Crippen LogP contribution in [0, 0.1) is 5.82 Å². The molecule has 13 heteroatoms. The number of amides is 2. The van der Waals surface area contributed by atoms with Crippen LogP contribution < -0.4 is 0 Å². The zero-order chi connectivity index (χ0) is 27.8. The lowest BCUT2D eigenvalue weighted by Crippen LogP contribution is -2.25. The van der Waals surface area contributed by atoms with E-state index in [1.807, 2.05) is 24.3 Å². The maximum atomic E-state index is 13.3. The van der Waals surface area contributed by atoms with Crippen LogP contribution >= 0.6 is 58.4 Å². The van der Waals surface area contributed by atoms with Crippen LogP contribution in [0.4, 0.5) is 4.39 Å². The van der Waals surface area contributed by atoms with Crippen LogP contribution in [0.5, 0.6) is 0 Å². The van der Waals surface area contributed by atoms with Gasteiger partial charge in [-0.15, -0.1) is 0 Å². The van der Waals surface area contributed by atoms with Gasteiger partial charge in [0.1, 0.15) is 30.2 Å². The number of hydrogen-bond acceptors (Lipinski definition) is 6. The third-order valence-corrected chi connectivity index (χ3v) is 7.72. The summed E-state index contributed by atoms with van der Waals surface area (Å²) in [6, 6.07) is 20.4. The highest BCUT2D eigenvalue weighted by Gasteiger charge is 2.59. The van der Waals surface area contributed by atoms with E-state index in [4.69, 9.17) is 51.1 Å². The highest BCUT2D eigenvalue weighted by Crippen LogP contribution is 2.59. The van der Waals surface area contributed by atoms with Gasteiger partial charge in [0, 0.05) is 22.5 Å². The highest BCUT2D eigenvalue weighted by atomic mass is 35.6. The van der Waals surface area contributed by atoms with E-state index in [0.717, 1.165) is 15.4 Å². The van der Waals surface area contributed by atoms with Crippen LogP contribution in [-0.4, -0.2) is 34.0 Å². The van der Waals surface area contributed by atoms with Crippen molar-refractivity contribution in [3.05, 3.63) is 119 Å². The lowest BCUT2D eigenvalue weighted by molar-refractivity contribution is 0.0777. The maximum Gasteiger partial charge on any atom is 0.271 e. The number of nitrogens with zero attached hydrogens (tertiary/aromatic N) is 4. The molecule has 1 fully saturated rings. The Morgan fingerprint density at radius 1 is 0.949 bits per heavy atom. The van der Waals surface area contributed by atoms with Gasteiger partial charge in [-0.3, -0.25) is 9.59 Å². The molecule has 3 aromatic carbocycles. The molecule has 0 N–H and O–H groups in total. The normalized spacial score (nSPS) is 19.9. The lowest BCUT2D eigenvalue weighted by atomic mass is 9.91. The van der Waals surface area contributed by atoms with Crippen molar-refractivity contribution >= 4 is 70.2 Å². The van der Waals surface area contributed by atoms with E-state index in [9.17, 15) is 14.0 Å². The van der Waals surface area contributed by atoms with Gasteiger partial charge < -0.3 is 4.74 Å². The van der Waals surface area contributed by atoms with Gasteiger partial charge in [-0.1, -0.05) is 88.9 Å². The molecule has 6 rings (SSSR count). The van der Waals surface area contributed by atoms with Crippen molar-refractivity contribution < 1.29 is 18.7 Å². The molecule has 2 amide bonds. The summed E-state index contributed by atoms with van der Waals surface area (Å²) in [5, 5.41) is 4.81. The molecule has 7 nitrogen and oxygen atoms in total. The first kappa shape index (κ1) is 27.9. The van der Waals surface area contributed by atoms with Crippen LogP contribution in [0.25, 0.3) is 0 Å². The number of imide groups is 1. The minimum atomic E-state index is -1.74. The minimum absolute atomic E-state index is 0.203. The average molecular weight is 626 g/mol. The van der Waals surface area contributed by atoms with E-state index >= 15 is 0 Å². The Morgan fingerprint density at radius 3 is 2.13 bits per heavy atom. The largest absolute Gasteiger partial charge is 0.354 e. The van der Waals surface area contributed by atoms with Gasteiger partial charge in [0.05, 0.1) is 17.7 Å². The molecular formula is C26H17Cl4FN4O3S. The molecule has 0 aliphatic carbocycles. The topological polar surface area (TPSA) is 80.6 Å². The van der Waals surface area contributed by atoms with Crippen molar-refractivity contribution in [1.82, 2.24) is 19.1 Å². The fraction of sp³-hybridized carbons (Fsp3) is 0.154. The Kier molecular flexibility index (Phi) is 7.92. The number of fused-ring (bicyclic) bond motifs is 1. The van der Waals surface area contributed by atoms with Gasteiger partial charge in [0.2, 0.25) is 0 Å². The number of benzene rings is 3. The van der Waals surface area contributed by atoms with E-state index in [-0.39, 0.29) is 11.9 Å². The van der Waals surface area contributed by atoms with Crippen LogP contribution in [0.2, 0.25) is 5.02 Å². The van der Waals surface area contributed by atoms with E-state index in [0.29, 0.717) is 34.6 Å². The second-order valence-electron chi connectivity index (χ2n) is 8.50. The Morgan fingerprint density at radius 2 is 1.56 bits per heavy atom. The summed E-state index contributed by atoms with van der Waals surface area (Å²) in [5.41, 5.74) is 1.84. The molecule has 1 saturated heterocycles. The van der Waals surface area contributed by atoms with Crippen molar-refractivity contribution in [2.75, 3.05) is 0 Å². The molecule has 2 aliphatic rings. The molecule has 2 atom stereocenters. The number of carbonyl (C=O) groups is 2. The average Bonchev–Trinajstić information content (AvgIpc) is 3.27. The summed E-state index contributed by atoms with van der Waals surface area (Å²) in [6.45, 7) is 0.481. The second kappa shape index (κ2) is 11.1. The van der Waals surface area contributed by atoms with Crippen LogP contribution in [0.1, 0.15) is 37.9 Å². The third-order valence-electron chi connectivity index (χ3n) is 6.03. The van der Waals surface area contributed by atoms with E-state index < -0.39 is 20.5 Å². The molecule has 3 heterocycles. The van der Waals surface area contributed by atoms with Crippen molar-refractivity contribution in [1.29, 1.82) is 0 Å². The maximum absolute atomic E-state index is 13.3. The molecule has 1 aromatic heterocycles. The molecular weight excluding hydrogens is 609 g/mol. The summed E-state index contributed by atoms with van der Waals surface area (Å²) >= 11 is 23.5. The highest BCUT2D eigenvalue weighted by molar-refractivity contribution is 8.03. The summed E-state index contributed by atoms with van der Waals surface area (Å²) in [4.78, 5) is 27.6. The Balaban J connectivity index is 0.000000169. The lowest BCUT2D eigenvalue weighted by Gasteiger charge is -2.17. The summed E-state index contributed by atoms with van der Waals surface area (Å²) in [6.07, 6.45) is 2.91. The van der Waals surface area contributed by atoms with Gasteiger partial charge in [-0.25, -0.2) is 18.4 Å². The molecule has 0 saturated carbocycles. The standard InChI is InChI=1S/C17H13ClFN3O.C9H4Cl3NO2S/c18-15-4-2-1-3-14(15)16-17(23-16,9-22-11-20-10-21-22)12-5-7-13(19)8-6-12;10-9(11,12)16-13-7(14)5-3-1-2-4-6(5)8(13)15/h1-8,10-11,16H,9H2;1-4H. The monoisotopic (exact) mass is 624 g/mol. The molecule has 2 aliphatic heterocycles. The summed E-state index contributed by atoms with van der Waals surface area (Å²) in [7, 11) is 0. The number of aromatic nitrogens is 3. The molecule has 39 heavy (non-hydrogen) atoms. The number of ether oxygens (including phenoxy) is 1. The number of carbonyl (C=O) groups excluding carboxylic acids is 2. The van der Waals surface area contributed by atoms with E-state index in [2.05, 4.69) is 10.1 Å². The zero-order valence-electron chi connectivity index (χ0n) is 19.7. The first-order valence-electron chi connectivity index (χ1n) is 11.3. The molecule has 2 unspecified atom stereocenters. The Hall–Kier alpha value is -2.66. The van der Waals surface area contributed by atoms with E-state index in [1.54, 1.807) is 47.4 Å². The zero-order valence-corrected chi connectivity index (χ0v) is 23.5. The third kappa shape index (κ3) is 5.94. The smallest absolute Gasteiger partial charge is 0.271 e. The van der Waals surface area contributed by atoms with Crippen molar-refractivity contribution in [2.24, 2.45) is 0 Å². The Bertz CT molecular complexity index is 1480. The predicted molar refractivity (Wildman–Crippen MR) is 148 cm³/mol. The fourth-order valence-corrected chi connectivity index (χ4v) is 5.68. The number of halogens is 5. The molecule has 0 bridgehead atoms. The minimum Gasteiger partial charge on any atom is -0.354 e. The van der Waals surface area contributed by atoms with Crippen molar-refractivity contribution in [2.45, 2.75) is 21.4 Å². The van der Waals surface area contributed by atoms with Crippen molar-refractivity contribution in [3.8, 4) is 0 Å². The first-order valence-corrected chi connectivity index (χ1v) is 13.6. The predicted octanol–water partition coefficient (Wildman–Crippen LogP) is 7.00. The first-order chi connectivity index (χ1) is 18.6. The van der Waals surface area contributed by atoms with Gasteiger partial charge in [-0.2, -0.15) is 5.10 Å². The van der Waals surface area contributed by atoms with Crippen LogP contribution in [0.15, 0.2) is 85.5 Å². The fourth-order valence-electron chi connectivity index (χ4n) is 4.25. The van der Waals surface area contributed by atoms with Gasteiger partial charge in [0.25, 0.3) is 14.9 Å². The van der Waals surface area contributed by atoms with E-state index in [1.165, 1.54) is 18.5 Å². The Labute approximate surface area is 246 Å². The number of alkyl halides is 3. The second-order valence-corrected chi connectivity index (χ2v) is 13.0. The van der Waals surface area contributed by atoms with Crippen molar-refractivity contribution in [3.63, 3.8) is 0 Å². The van der Waals surface area contributed by atoms with Crippen LogP contribution in [0.3, 0.4) is 0 Å². The molecule has 4 aromatic rings. The number of rotatable bonds is 5. The number of hydrogen-bond donors (Lipinski definition) is 0. The van der Waals surface area contributed by atoms with Crippen LogP contribution in [-0.2, 0) is 16.9 Å². The van der Waals surface area contributed by atoms with Gasteiger partial charge >= 0.3 is 0 Å². The molecule has 0 spiro atoms. The van der Waals surface area contributed by atoms with Gasteiger partial charge in [0.15, 0.2) is 0 Å². The summed E-state index contributed by atoms with van der Waals surface area (Å²) in [5.74, 6) is -1.20. The molecule has 200 valence electrons. The SMILES string of the molecule is Fc1ccc(C2(Cn3cncn3)OC2c2ccccc2Cl)cc1.O=C1c2ccccc2C(=O)N1SC(Cl)(Cl)Cl. The van der Waals surface area contributed by atoms with Gasteiger partial charge in [-0.05, 0) is 35.9 Å².